The van der Waals surface area contributed by atoms with Gasteiger partial charge in [0.25, 0.3) is 0 Å². The van der Waals surface area contributed by atoms with Gasteiger partial charge in [0.1, 0.15) is 5.78 Å². The SMILES string of the molecule is CC(=O)CCNC1CN(C(C)C)C1. The van der Waals surface area contributed by atoms with E-state index < -0.39 is 0 Å². The van der Waals surface area contributed by atoms with Crippen LogP contribution in [-0.2, 0) is 4.79 Å². The highest BCUT2D eigenvalue weighted by Gasteiger charge is 2.27. The Labute approximate surface area is 80.5 Å². The molecule has 1 aliphatic rings. The molecule has 0 radical (unpaired) electrons. The van der Waals surface area contributed by atoms with Crippen LogP contribution in [0.15, 0.2) is 0 Å². The van der Waals surface area contributed by atoms with E-state index >= 15 is 0 Å². The second-order valence-corrected chi connectivity index (χ2v) is 4.15. The second kappa shape index (κ2) is 4.72. The number of carbonyl (C=O) groups is 1. The Bertz CT molecular complexity index is 174. The van der Waals surface area contributed by atoms with Gasteiger partial charge in [0, 0.05) is 38.1 Å². The van der Waals surface area contributed by atoms with Crippen molar-refractivity contribution < 1.29 is 4.79 Å². The maximum Gasteiger partial charge on any atom is 0.131 e. The number of hydrogen-bond donors (Lipinski definition) is 1. The van der Waals surface area contributed by atoms with Crippen LogP contribution in [0.25, 0.3) is 0 Å². The summed E-state index contributed by atoms with van der Waals surface area (Å²) in [6.45, 7) is 9.18. The molecule has 1 heterocycles. The molecular weight excluding hydrogens is 164 g/mol. The molecule has 0 atom stereocenters. The summed E-state index contributed by atoms with van der Waals surface area (Å²) in [5, 5.41) is 3.37. The Balaban J connectivity index is 1.99. The fraction of sp³-hybridized carbons (Fsp3) is 0.900. The number of Topliss-reactive ketones (excluding diaryl/α,β-unsaturated/α-hetero) is 1. The standard InChI is InChI=1S/C10H20N2O/c1-8(2)12-6-10(7-12)11-5-4-9(3)13/h8,10-11H,4-7H2,1-3H3. The highest BCUT2D eigenvalue weighted by molar-refractivity contribution is 5.75. The minimum absolute atomic E-state index is 0.271. The smallest absolute Gasteiger partial charge is 0.131 e. The van der Waals surface area contributed by atoms with E-state index in [1.165, 1.54) is 0 Å². The summed E-state index contributed by atoms with van der Waals surface area (Å²) in [5.41, 5.74) is 0. The minimum Gasteiger partial charge on any atom is -0.311 e. The van der Waals surface area contributed by atoms with Gasteiger partial charge in [-0.3, -0.25) is 9.69 Å². The summed E-state index contributed by atoms with van der Waals surface area (Å²) in [4.78, 5) is 13.1. The lowest BCUT2D eigenvalue weighted by Gasteiger charge is -2.42. The van der Waals surface area contributed by atoms with Crippen molar-refractivity contribution in [2.45, 2.75) is 39.3 Å². The molecular formula is C10H20N2O. The molecule has 13 heavy (non-hydrogen) atoms. The average Bonchev–Trinajstić information content (AvgIpc) is 1.92. The van der Waals surface area contributed by atoms with Crippen LogP contribution in [0.2, 0.25) is 0 Å². The molecule has 0 spiro atoms. The summed E-state index contributed by atoms with van der Waals surface area (Å²) in [7, 11) is 0. The fourth-order valence-electron chi connectivity index (χ4n) is 1.52. The first-order chi connectivity index (χ1) is 6.09. The van der Waals surface area contributed by atoms with Gasteiger partial charge < -0.3 is 5.32 Å². The molecule has 0 unspecified atom stereocenters. The number of nitrogens with one attached hydrogen (secondary N) is 1. The Kier molecular flexibility index (Phi) is 3.88. The third kappa shape index (κ3) is 3.44. The van der Waals surface area contributed by atoms with Crippen molar-refractivity contribution in [3.05, 3.63) is 0 Å². The lowest BCUT2D eigenvalue weighted by molar-refractivity contribution is -0.117. The molecule has 0 saturated carbocycles. The minimum atomic E-state index is 0.271. The quantitative estimate of drug-likeness (QED) is 0.681. The van der Waals surface area contributed by atoms with Gasteiger partial charge in [-0.15, -0.1) is 0 Å². The van der Waals surface area contributed by atoms with Gasteiger partial charge in [-0.25, -0.2) is 0 Å². The number of carbonyl (C=O) groups excluding carboxylic acids is 1. The van der Waals surface area contributed by atoms with E-state index in [2.05, 4.69) is 24.1 Å². The Morgan fingerprint density at radius 1 is 1.54 bits per heavy atom. The molecule has 3 nitrogen and oxygen atoms in total. The Morgan fingerprint density at radius 2 is 2.15 bits per heavy atom. The van der Waals surface area contributed by atoms with E-state index in [1.54, 1.807) is 6.92 Å². The van der Waals surface area contributed by atoms with Gasteiger partial charge in [-0.2, -0.15) is 0 Å². The molecule has 1 fully saturated rings. The molecule has 1 N–H and O–H groups in total. The summed E-state index contributed by atoms with van der Waals surface area (Å²) < 4.78 is 0. The van der Waals surface area contributed by atoms with Crippen molar-refractivity contribution >= 4 is 5.78 Å². The fourth-order valence-corrected chi connectivity index (χ4v) is 1.52. The number of ketones is 1. The molecule has 0 aromatic carbocycles. The number of hydrogen-bond acceptors (Lipinski definition) is 3. The van der Waals surface area contributed by atoms with E-state index in [4.69, 9.17) is 0 Å². The van der Waals surface area contributed by atoms with Crippen LogP contribution in [-0.4, -0.2) is 42.4 Å². The normalized spacial score (nSPS) is 19.1. The lowest BCUT2D eigenvalue weighted by atomic mass is 10.1. The molecule has 0 aromatic heterocycles. The van der Waals surface area contributed by atoms with Crippen LogP contribution in [0.1, 0.15) is 27.2 Å². The first-order valence-electron chi connectivity index (χ1n) is 5.06. The highest BCUT2D eigenvalue weighted by Crippen LogP contribution is 2.11. The topological polar surface area (TPSA) is 32.3 Å². The van der Waals surface area contributed by atoms with Crippen molar-refractivity contribution in [2.75, 3.05) is 19.6 Å². The van der Waals surface area contributed by atoms with Gasteiger partial charge in [-0.05, 0) is 20.8 Å². The largest absolute Gasteiger partial charge is 0.311 e. The number of rotatable bonds is 5. The van der Waals surface area contributed by atoms with E-state index in [1.807, 2.05) is 0 Å². The van der Waals surface area contributed by atoms with Crippen molar-refractivity contribution in [2.24, 2.45) is 0 Å². The summed E-state index contributed by atoms with van der Waals surface area (Å²) >= 11 is 0. The van der Waals surface area contributed by atoms with Crippen LogP contribution >= 0.6 is 0 Å². The molecule has 76 valence electrons. The van der Waals surface area contributed by atoms with E-state index in [9.17, 15) is 4.79 Å². The van der Waals surface area contributed by atoms with Gasteiger partial charge in [-0.1, -0.05) is 0 Å². The maximum absolute atomic E-state index is 10.7. The highest BCUT2D eigenvalue weighted by atomic mass is 16.1. The Hall–Kier alpha value is -0.410. The van der Waals surface area contributed by atoms with Crippen molar-refractivity contribution in [3.63, 3.8) is 0 Å². The van der Waals surface area contributed by atoms with Crippen molar-refractivity contribution in [1.82, 2.24) is 10.2 Å². The predicted octanol–water partition coefficient (Wildman–Crippen LogP) is 0.648. The van der Waals surface area contributed by atoms with Gasteiger partial charge in [0.2, 0.25) is 0 Å². The molecule has 1 aliphatic heterocycles. The average molecular weight is 184 g/mol. The van der Waals surface area contributed by atoms with Crippen LogP contribution in [0.4, 0.5) is 0 Å². The molecule has 1 saturated heterocycles. The third-order valence-corrected chi connectivity index (χ3v) is 2.55. The molecule has 3 heteroatoms. The monoisotopic (exact) mass is 184 g/mol. The molecule has 0 bridgehead atoms. The van der Waals surface area contributed by atoms with Crippen LogP contribution in [0.3, 0.4) is 0 Å². The zero-order chi connectivity index (χ0) is 9.84. The van der Waals surface area contributed by atoms with Crippen molar-refractivity contribution in [3.8, 4) is 0 Å². The van der Waals surface area contributed by atoms with Crippen LogP contribution in [0.5, 0.6) is 0 Å². The summed E-state index contributed by atoms with van der Waals surface area (Å²) in [6, 6.07) is 1.27. The summed E-state index contributed by atoms with van der Waals surface area (Å²) in [6.07, 6.45) is 0.665. The molecule has 1 rings (SSSR count). The molecule has 0 aromatic rings. The first-order valence-corrected chi connectivity index (χ1v) is 5.06. The molecule has 0 amide bonds. The van der Waals surface area contributed by atoms with Crippen molar-refractivity contribution in [1.29, 1.82) is 0 Å². The van der Waals surface area contributed by atoms with Crippen LogP contribution < -0.4 is 5.32 Å². The molecule has 0 aliphatic carbocycles. The van der Waals surface area contributed by atoms with Gasteiger partial charge in [0.15, 0.2) is 0 Å². The van der Waals surface area contributed by atoms with Gasteiger partial charge in [0.05, 0.1) is 0 Å². The van der Waals surface area contributed by atoms with E-state index in [0.717, 1.165) is 19.6 Å². The summed E-state index contributed by atoms with van der Waals surface area (Å²) in [5.74, 6) is 0.271. The first kappa shape index (κ1) is 10.7. The van der Waals surface area contributed by atoms with E-state index in [0.29, 0.717) is 18.5 Å². The maximum atomic E-state index is 10.7. The van der Waals surface area contributed by atoms with Crippen LogP contribution in [0, 0.1) is 0 Å². The predicted molar refractivity (Wildman–Crippen MR) is 53.8 cm³/mol. The number of likely N-dealkylation sites (tertiary alicyclic amines) is 1. The third-order valence-electron chi connectivity index (χ3n) is 2.55. The van der Waals surface area contributed by atoms with E-state index in [-0.39, 0.29) is 5.78 Å². The van der Waals surface area contributed by atoms with Gasteiger partial charge >= 0.3 is 0 Å². The lowest BCUT2D eigenvalue weighted by Crippen LogP contribution is -2.60. The zero-order valence-corrected chi connectivity index (χ0v) is 8.84. The zero-order valence-electron chi connectivity index (χ0n) is 8.84. The second-order valence-electron chi connectivity index (χ2n) is 4.15. The number of nitrogens with zero attached hydrogens (tertiary/aromatic N) is 1. The Morgan fingerprint density at radius 3 is 2.62 bits per heavy atom.